The third-order valence-corrected chi connectivity index (χ3v) is 3.89. The van der Waals surface area contributed by atoms with Crippen LogP contribution in [0.4, 0.5) is 11.6 Å². The largest absolute Gasteiger partial charge is 0.370 e. The number of nitrogens with zero attached hydrogens (tertiary/aromatic N) is 2. The van der Waals surface area contributed by atoms with Gasteiger partial charge in [-0.05, 0) is 37.6 Å². The van der Waals surface area contributed by atoms with E-state index in [0.717, 1.165) is 12.1 Å². The van der Waals surface area contributed by atoms with Crippen LogP contribution < -0.4 is 10.0 Å². The van der Waals surface area contributed by atoms with Gasteiger partial charge in [-0.15, -0.1) is 0 Å². The molecule has 2 rings (SSSR count). The van der Waals surface area contributed by atoms with Crippen molar-refractivity contribution in [1.29, 1.82) is 0 Å². The van der Waals surface area contributed by atoms with Crippen LogP contribution in [0.15, 0.2) is 41.6 Å². The molecule has 7 heteroatoms. The monoisotopic (exact) mass is 292 g/mol. The van der Waals surface area contributed by atoms with Gasteiger partial charge in [0.15, 0.2) is 0 Å². The van der Waals surface area contributed by atoms with Gasteiger partial charge < -0.3 is 5.32 Å². The van der Waals surface area contributed by atoms with Crippen molar-refractivity contribution in [2.45, 2.75) is 18.7 Å². The molecule has 0 aliphatic rings. The quantitative estimate of drug-likeness (QED) is 0.880. The summed E-state index contributed by atoms with van der Waals surface area (Å²) in [5, 5.41) is 3.00. The second kappa shape index (κ2) is 5.87. The van der Waals surface area contributed by atoms with Crippen LogP contribution in [0.5, 0.6) is 0 Å². The van der Waals surface area contributed by atoms with Gasteiger partial charge in [-0.2, -0.15) is 0 Å². The first kappa shape index (κ1) is 14.3. The van der Waals surface area contributed by atoms with E-state index in [0.29, 0.717) is 5.82 Å². The molecule has 0 fully saturated rings. The van der Waals surface area contributed by atoms with Crippen molar-refractivity contribution in [2.24, 2.45) is 0 Å². The third-order valence-electron chi connectivity index (χ3n) is 2.55. The van der Waals surface area contributed by atoms with E-state index in [1.165, 1.54) is 12.3 Å². The minimum Gasteiger partial charge on any atom is -0.370 e. The molecule has 0 amide bonds. The summed E-state index contributed by atoms with van der Waals surface area (Å²) >= 11 is 0. The number of anilines is 2. The highest BCUT2D eigenvalue weighted by atomic mass is 32.2. The fraction of sp³-hybridized carbons (Fsp3) is 0.231. The summed E-state index contributed by atoms with van der Waals surface area (Å²) < 4.78 is 26.7. The molecule has 2 aromatic rings. The standard InChI is InChI=1S/C13H16N4O2S/c1-3-14-12-7-5-11(9-16-12)20(18,19)17-13-6-4-10(2)8-15-13/h4-9H,3H2,1-2H3,(H,14,16)(H,15,17). The Balaban J connectivity index is 2.19. The Labute approximate surface area is 118 Å². The van der Waals surface area contributed by atoms with Crippen molar-refractivity contribution >= 4 is 21.7 Å². The normalized spacial score (nSPS) is 11.1. The maximum atomic E-state index is 12.1. The number of rotatable bonds is 5. The fourth-order valence-corrected chi connectivity index (χ4v) is 2.50. The van der Waals surface area contributed by atoms with Crippen LogP contribution in [0.2, 0.25) is 0 Å². The molecule has 0 aromatic carbocycles. The van der Waals surface area contributed by atoms with Crippen molar-refractivity contribution < 1.29 is 8.42 Å². The fourth-order valence-electron chi connectivity index (χ4n) is 1.55. The lowest BCUT2D eigenvalue weighted by atomic mass is 10.3. The van der Waals surface area contributed by atoms with E-state index >= 15 is 0 Å². The lowest BCUT2D eigenvalue weighted by molar-refractivity contribution is 0.600. The molecule has 2 N–H and O–H groups in total. The van der Waals surface area contributed by atoms with Crippen LogP contribution in [0.3, 0.4) is 0 Å². The van der Waals surface area contributed by atoms with Crippen molar-refractivity contribution in [3.05, 3.63) is 42.2 Å². The summed E-state index contributed by atoms with van der Waals surface area (Å²) in [7, 11) is -3.66. The average molecular weight is 292 g/mol. The van der Waals surface area contributed by atoms with Crippen LogP contribution in [0.1, 0.15) is 12.5 Å². The van der Waals surface area contributed by atoms with Gasteiger partial charge in [-0.3, -0.25) is 4.72 Å². The Morgan fingerprint density at radius 2 is 1.75 bits per heavy atom. The molecule has 0 spiro atoms. The summed E-state index contributed by atoms with van der Waals surface area (Å²) in [6, 6.07) is 6.53. The number of pyridine rings is 2. The zero-order valence-corrected chi connectivity index (χ0v) is 12.1. The molecule has 2 aromatic heterocycles. The third kappa shape index (κ3) is 3.45. The van der Waals surface area contributed by atoms with E-state index < -0.39 is 10.0 Å². The number of sulfonamides is 1. The predicted molar refractivity (Wildman–Crippen MR) is 78.2 cm³/mol. The summed E-state index contributed by atoms with van der Waals surface area (Å²) in [6.45, 7) is 4.55. The Hall–Kier alpha value is -2.15. The highest BCUT2D eigenvalue weighted by molar-refractivity contribution is 7.92. The van der Waals surface area contributed by atoms with Crippen LogP contribution in [-0.2, 0) is 10.0 Å². The van der Waals surface area contributed by atoms with E-state index in [4.69, 9.17) is 0 Å². The summed E-state index contributed by atoms with van der Waals surface area (Å²) in [5.74, 6) is 0.922. The zero-order valence-electron chi connectivity index (χ0n) is 11.3. The number of nitrogens with one attached hydrogen (secondary N) is 2. The van der Waals surface area contributed by atoms with Gasteiger partial charge in [-0.25, -0.2) is 18.4 Å². The van der Waals surface area contributed by atoms with Crippen LogP contribution >= 0.6 is 0 Å². The van der Waals surface area contributed by atoms with Crippen LogP contribution in [-0.4, -0.2) is 24.9 Å². The van der Waals surface area contributed by atoms with E-state index in [9.17, 15) is 8.42 Å². The van der Waals surface area contributed by atoms with Gasteiger partial charge >= 0.3 is 0 Å². The lowest BCUT2D eigenvalue weighted by Gasteiger charge is -2.08. The van der Waals surface area contributed by atoms with E-state index in [1.807, 2.05) is 13.8 Å². The molecule has 6 nitrogen and oxygen atoms in total. The number of aromatic nitrogens is 2. The Morgan fingerprint density at radius 1 is 1.05 bits per heavy atom. The predicted octanol–water partition coefficient (Wildman–Crippen LogP) is 2.02. The highest BCUT2D eigenvalue weighted by Crippen LogP contribution is 2.15. The number of hydrogen-bond donors (Lipinski definition) is 2. The topological polar surface area (TPSA) is 84.0 Å². The van der Waals surface area contributed by atoms with Crippen molar-refractivity contribution in [3.63, 3.8) is 0 Å². The molecule has 0 atom stereocenters. The summed E-state index contributed by atoms with van der Waals surface area (Å²) in [5.41, 5.74) is 0.963. The minimum absolute atomic E-state index is 0.0986. The second-order valence-electron chi connectivity index (χ2n) is 4.24. The maximum absolute atomic E-state index is 12.1. The number of aryl methyl sites for hydroxylation is 1. The number of hydrogen-bond acceptors (Lipinski definition) is 5. The molecular weight excluding hydrogens is 276 g/mol. The second-order valence-corrected chi connectivity index (χ2v) is 5.92. The summed E-state index contributed by atoms with van der Waals surface area (Å²) in [6.07, 6.45) is 2.92. The van der Waals surface area contributed by atoms with Gasteiger partial charge in [0.25, 0.3) is 10.0 Å². The lowest BCUT2D eigenvalue weighted by Crippen LogP contribution is -2.14. The van der Waals surface area contributed by atoms with Gasteiger partial charge in [-0.1, -0.05) is 6.07 Å². The van der Waals surface area contributed by atoms with Crippen molar-refractivity contribution in [3.8, 4) is 0 Å². The van der Waals surface area contributed by atoms with Gasteiger partial charge in [0.1, 0.15) is 16.5 Å². The first-order valence-electron chi connectivity index (χ1n) is 6.16. The van der Waals surface area contributed by atoms with Gasteiger partial charge in [0.05, 0.1) is 0 Å². The SMILES string of the molecule is CCNc1ccc(S(=O)(=O)Nc2ccc(C)cn2)cn1. The molecule has 0 saturated heterocycles. The first-order valence-corrected chi connectivity index (χ1v) is 7.65. The highest BCUT2D eigenvalue weighted by Gasteiger charge is 2.15. The molecule has 0 unspecified atom stereocenters. The first-order chi connectivity index (χ1) is 9.51. The van der Waals surface area contributed by atoms with E-state index in [1.54, 1.807) is 24.4 Å². The molecule has 0 radical (unpaired) electrons. The van der Waals surface area contributed by atoms with Gasteiger partial charge in [0.2, 0.25) is 0 Å². The average Bonchev–Trinajstić information content (AvgIpc) is 2.42. The molecule has 20 heavy (non-hydrogen) atoms. The smallest absolute Gasteiger partial charge is 0.264 e. The Kier molecular flexibility index (Phi) is 4.19. The molecule has 0 bridgehead atoms. The van der Waals surface area contributed by atoms with E-state index in [-0.39, 0.29) is 10.7 Å². The molecule has 0 aliphatic carbocycles. The van der Waals surface area contributed by atoms with Gasteiger partial charge in [0, 0.05) is 18.9 Å². The zero-order chi connectivity index (χ0) is 14.6. The minimum atomic E-state index is -3.66. The van der Waals surface area contributed by atoms with Crippen LogP contribution in [0.25, 0.3) is 0 Å². The van der Waals surface area contributed by atoms with Crippen molar-refractivity contribution in [2.75, 3.05) is 16.6 Å². The Morgan fingerprint density at radius 3 is 2.30 bits per heavy atom. The van der Waals surface area contributed by atoms with Crippen molar-refractivity contribution in [1.82, 2.24) is 9.97 Å². The molecule has 0 aliphatic heterocycles. The Bertz CT molecular complexity index is 667. The molecular formula is C13H16N4O2S. The maximum Gasteiger partial charge on any atom is 0.264 e. The molecule has 0 saturated carbocycles. The molecule has 106 valence electrons. The summed E-state index contributed by atoms with van der Waals surface area (Å²) in [4.78, 5) is 8.15. The molecule has 2 heterocycles. The van der Waals surface area contributed by atoms with Crippen LogP contribution in [0, 0.1) is 6.92 Å². The van der Waals surface area contributed by atoms with E-state index in [2.05, 4.69) is 20.0 Å².